The first-order valence-corrected chi connectivity index (χ1v) is 6.42. The third kappa shape index (κ3) is 2.86. The van der Waals surface area contributed by atoms with E-state index in [2.05, 4.69) is 4.74 Å². The van der Waals surface area contributed by atoms with E-state index in [0.29, 0.717) is 9.33 Å². The van der Waals surface area contributed by atoms with Gasteiger partial charge in [0.25, 0.3) is 0 Å². The highest BCUT2D eigenvalue weighted by atomic mass is 35.5. The minimum Gasteiger partial charge on any atom is -0.452 e. The molecule has 1 aromatic carbocycles. The molecule has 0 aliphatic rings. The van der Waals surface area contributed by atoms with Crippen LogP contribution in [0.25, 0.3) is 0 Å². The van der Waals surface area contributed by atoms with Crippen LogP contribution in [0.15, 0.2) is 24.3 Å². The van der Waals surface area contributed by atoms with Gasteiger partial charge in [0.05, 0.1) is 19.1 Å². The number of halogens is 1. The van der Waals surface area contributed by atoms with Gasteiger partial charge in [0.2, 0.25) is 10.0 Å². The third-order valence-corrected chi connectivity index (χ3v) is 2.97. The summed E-state index contributed by atoms with van der Waals surface area (Å²) in [6.45, 7) is 0. The Kier molecular flexibility index (Phi) is 3.77. The molecule has 1 amide bonds. The highest BCUT2D eigenvalue weighted by Crippen LogP contribution is 2.22. The number of sulfonamides is 1. The molecule has 0 saturated carbocycles. The quantitative estimate of drug-likeness (QED) is 0.817. The molecule has 88 valence electrons. The van der Waals surface area contributed by atoms with E-state index in [4.69, 9.17) is 11.6 Å². The molecule has 0 atom stereocenters. The predicted molar refractivity (Wildman–Crippen MR) is 61.2 cm³/mol. The first kappa shape index (κ1) is 12.8. The van der Waals surface area contributed by atoms with Gasteiger partial charge in [0, 0.05) is 5.02 Å². The molecular weight excluding hydrogens is 254 g/mol. The van der Waals surface area contributed by atoms with E-state index in [1.54, 1.807) is 12.1 Å². The standard InChI is InChI=1S/C9H10ClNO4S/c1-15-9(12)11(16(2,13)14)8-5-3-4-7(10)6-8/h3-6H,1-2H3. The van der Waals surface area contributed by atoms with Gasteiger partial charge in [-0.1, -0.05) is 17.7 Å². The second-order valence-corrected chi connectivity index (χ2v) is 5.24. The van der Waals surface area contributed by atoms with E-state index in [1.807, 2.05) is 0 Å². The second-order valence-electron chi connectivity index (χ2n) is 2.98. The van der Waals surface area contributed by atoms with Crippen molar-refractivity contribution in [1.29, 1.82) is 0 Å². The van der Waals surface area contributed by atoms with Crippen LogP contribution in [0.2, 0.25) is 5.02 Å². The lowest BCUT2D eigenvalue weighted by Gasteiger charge is -2.18. The van der Waals surface area contributed by atoms with E-state index < -0.39 is 16.1 Å². The molecule has 0 aliphatic carbocycles. The summed E-state index contributed by atoms with van der Waals surface area (Å²) in [7, 11) is -2.64. The van der Waals surface area contributed by atoms with E-state index in [0.717, 1.165) is 13.4 Å². The van der Waals surface area contributed by atoms with Crippen LogP contribution < -0.4 is 4.31 Å². The number of carbonyl (C=O) groups excluding carboxylic acids is 1. The maximum atomic E-state index is 11.4. The fourth-order valence-corrected chi connectivity index (χ4v) is 2.14. The normalized spacial score (nSPS) is 10.9. The van der Waals surface area contributed by atoms with Crippen LogP contribution in [-0.2, 0) is 14.8 Å². The zero-order valence-electron chi connectivity index (χ0n) is 8.68. The average Bonchev–Trinajstić information content (AvgIpc) is 2.15. The van der Waals surface area contributed by atoms with E-state index in [1.165, 1.54) is 12.1 Å². The highest BCUT2D eigenvalue weighted by molar-refractivity contribution is 7.92. The molecule has 5 nitrogen and oxygen atoms in total. The van der Waals surface area contributed by atoms with Crippen molar-refractivity contribution in [2.45, 2.75) is 0 Å². The van der Waals surface area contributed by atoms with E-state index >= 15 is 0 Å². The second kappa shape index (κ2) is 4.71. The maximum absolute atomic E-state index is 11.4. The highest BCUT2D eigenvalue weighted by Gasteiger charge is 2.26. The van der Waals surface area contributed by atoms with Gasteiger partial charge in [-0.2, -0.15) is 4.31 Å². The summed E-state index contributed by atoms with van der Waals surface area (Å²) < 4.78 is 27.8. The van der Waals surface area contributed by atoms with Crippen molar-refractivity contribution in [3.05, 3.63) is 29.3 Å². The zero-order chi connectivity index (χ0) is 12.3. The van der Waals surface area contributed by atoms with Gasteiger partial charge >= 0.3 is 6.09 Å². The van der Waals surface area contributed by atoms with Crippen LogP contribution in [-0.4, -0.2) is 27.9 Å². The monoisotopic (exact) mass is 263 g/mol. The minimum atomic E-state index is -3.75. The van der Waals surface area contributed by atoms with Crippen LogP contribution in [0, 0.1) is 0 Å². The molecule has 0 unspecified atom stereocenters. The largest absolute Gasteiger partial charge is 0.452 e. The van der Waals surface area contributed by atoms with Crippen molar-refractivity contribution >= 4 is 33.4 Å². The Hall–Kier alpha value is -1.27. The summed E-state index contributed by atoms with van der Waals surface area (Å²) >= 11 is 5.71. The third-order valence-electron chi connectivity index (χ3n) is 1.71. The molecule has 0 N–H and O–H groups in total. The minimum absolute atomic E-state index is 0.141. The molecule has 1 aromatic rings. The van der Waals surface area contributed by atoms with Gasteiger partial charge in [-0.15, -0.1) is 0 Å². The molecule has 0 heterocycles. The fourth-order valence-electron chi connectivity index (χ4n) is 1.12. The SMILES string of the molecule is COC(=O)N(c1cccc(Cl)c1)S(C)(=O)=O. The molecule has 0 spiro atoms. The Morgan fingerprint density at radius 3 is 2.50 bits per heavy atom. The number of benzene rings is 1. The number of hydrogen-bond acceptors (Lipinski definition) is 4. The number of nitrogens with zero attached hydrogens (tertiary/aromatic N) is 1. The van der Waals surface area contributed by atoms with Gasteiger partial charge in [-0.3, -0.25) is 0 Å². The molecule has 0 radical (unpaired) electrons. The summed E-state index contributed by atoms with van der Waals surface area (Å²) in [4.78, 5) is 11.4. The lowest BCUT2D eigenvalue weighted by Crippen LogP contribution is -2.35. The molecule has 16 heavy (non-hydrogen) atoms. The van der Waals surface area contributed by atoms with Crippen molar-refractivity contribution in [3.63, 3.8) is 0 Å². The zero-order valence-corrected chi connectivity index (χ0v) is 10.2. The van der Waals surface area contributed by atoms with Crippen molar-refractivity contribution in [3.8, 4) is 0 Å². The smallest absolute Gasteiger partial charge is 0.428 e. The van der Waals surface area contributed by atoms with E-state index in [-0.39, 0.29) is 5.69 Å². The van der Waals surface area contributed by atoms with Crippen molar-refractivity contribution in [2.24, 2.45) is 0 Å². The molecule has 0 fully saturated rings. The molecule has 0 saturated heterocycles. The number of hydrogen-bond donors (Lipinski definition) is 0. The lowest BCUT2D eigenvalue weighted by atomic mass is 10.3. The van der Waals surface area contributed by atoms with Gasteiger partial charge in [-0.05, 0) is 18.2 Å². The Morgan fingerprint density at radius 1 is 1.44 bits per heavy atom. The molecule has 0 bridgehead atoms. The first-order valence-electron chi connectivity index (χ1n) is 4.20. The lowest BCUT2D eigenvalue weighted by molar-refractivity contribution is 0.183. The Bertz CT molecular complexity index is 500. The number of amides is 1. The summed E-state index contributed by atoms with van der Waals surface area (Å²) in [5.74, 6) is 0. The summed E-state index contributed by atoms with van der Waals surface area (Å²) in [6, 6.07) is 5.92. The first-order chi connectivity index (χ1) is 7.36. The van der Waals surface area contributed by atoms with Crippen molar-refractivity contribution in [2.75, 3.05) is 17.7 Å². The van der Waals surface area contributed by atoms with Gasteiger partial charge < -0.3 is 4.74 Å². The molecule has 7 heteroatoms. The summed E-state index contributed by atoms with van der Waals surface area (Å²) in [6.07, 6.45) is -0.0741. The number of methoxy groups -OCH3 is 1. The molecule has 1 rings (SSSR count). The van der Waals surface area contributed by atoms with Crippen LogP contribution in [0.3, 0.4) is 0 Å². The van der Waals surface area contributed by atoms with Crippen LogP contribution >= 0.6 is 11.6 Å². The predicted octanol–water partition coefficient (Wildman–Crippen LogP) is 1.87. The molecular formula is C9H10ClNO4S. The van der Waals surface area contributed by atoms with Gasteiger partial charge in [-0.25, -0.2) is 13.2 Å². The summed E-state index contributed by atoms with van der Waals surface area (Å²) in [5.41, 5.74) is 0.141. The maximum Gasteiger partial charge on any atom is 0.428 e. The van der Waals surface area contributed by atoms with Gasteiger partial charge in [0.15, 0.2) is 0 Å². The van der Waals surface area contributed by atoms with Crippen LogP contribution in [0.1, 0.15) is 0 Å². The fraction of sp³-hybridized carbons (Fsp3) is 0.222. The van der Waals surface area contributed by atoms with Crippen molar-refractivity contribution < 1.29 is 17.9 Å². The summed E-state index contributed by atoms with van der Waals surface area (Å²) in [5, 5.41) is 0.329. The average molecular weight is 264 g/mol. The number of rotatable bonds is 2. The van der Waals surface area contributed by atoms with Gasteiger partial charge in [0.1, 0.15) is 0 Å². The number of ether oxygens (including phenoxy) is 1. The Balaban J connectivity index is 3.28. The number of anilines is 1. The Labute approximate surface area is 98.6 Å². The number of carbonyl (C=O) groups is 1. The topological polar surface area (TPSA) is 63.7 Å². The molecule has 0 aromatic heterocycles. The Morgan fingerprint density at radius 2 is 2.06 bits per heavy atom. The molecule has 0 aliphatic heterocycles. The van der Waals surface area contributed by atoms with Crippen LogP contribution in [0.4, 0.5) is 10.5 Å². The van der Waals surface area contributed by atoms with Crippen LogP contribution in [0.5, 0.6) is 0 Å². The van der Waals surface area contributed by atoms with E-state index in [9.17, 15) is 13.2 Å². The van der Waals surface area contributed by atoms with Crippen molar-refractivity contribution in [1.82, 2.24) is 0 Å².